The van der Waals surface area contributed by atoms with Gasteiger partial charge < -0.3 is 15.1 Å². The van der Waals surface area contributed by atoms with Crippen molar-refractivity contribution in [1.29, 1.82) is 0 Å². The Morgan fingerprint density at radius 3 is 2.35 bits per heavy atom. The fourth-order valence-corrected chi connectivity index (χ4v) is 4.92. The van der Waals surface area contributed by atoms with Crippen LogP contribution in [0.3, 0.4) is 0 Å². The number of sulfonamides is 1. The number of pyridine rings is 1. The van der Waals surface area contributed by atoms with Gasteiger partial charge in [-0.05, 0) is 42.0 Å². The maximum Gasteiger partial charge on any atom is 0.253 e. The second-order valence-electron chi connectivity index (χ2n) is 8.80. The summed E-state index contributed by atoms with van der Waals surface area (Å²) in [6.45, 7) is 1.87. The Morgan fingerprint density at radius 2 is 1.70 bits per heavy atom. The van der Waals surface area contributed by atoms with Crippen molar-refractivity contribution < 1.29 is 18.0 Å². The zero-order chi connectivity index (χ0) is 26.4. The number of para-hydroxylation sites is 2. The Labute approximate surface area is 221 Å². The van der Waals surface area contributed by atoms with Gasteiger partial charge >= 0.3 is 0 Å². The molecule has 1 atom stereocenters. The highest BCUT2D eigenvalue weighted by molar-refractivity contribution is 7.92. The van der Waals surface area contributed by atoms with Gasteiger partial charge in [0.25, 0.3) is 5.91 Å². The van der Waals surface area contributed by atoms with Gasteiger partial charge in [-0.2, -0.15) is 0 Å². The minimum absolute atomic E-state index is 0.186. The molecule has 4 rings (SSSR count). The number of anilines is 2. The van der Waals surface area contributed by atoms with Crippen LogP contribution in [-0.2, 0) is 21.2 Å². The third-order valence-electron chi connectivity index (χ3n) is 6.01. The predicted molar refractivity (Wildman–Crippen MR) is 144 cm³/mol. The van der Waals surface area contributed by atoms with Crippen LogP contribution in [0.1, 0.15) is 15.9 Å². The number of benzene rings is 2. The fourth-order valence-electron chi connectivity index (χ4n) is 4.22. The third-order valence-corrected chi connectivity index (χ3v) is 6.85. The van der Waals surface area contributed by atoms with E-state index >= 15 is 0 Å². The lowest BCUT2D eigenvalue weighted by molar-refractivity contribution is -0.133. The molecule has 0 spiro atoms. The maximum atomic E-state index is 13.6. The molecule has 2 aromatic carbocycles. The van der Waals surface area contributed by atoms with E-state index in [4.69, 9.17) is 11.6 Å². The fraction of sp³-hybridized carbons (Fsp3) is 0.269. The number of nitrogens with one attached hydrogen (secondary N) is 2. The van der Waals surface area contributed by atoms with Gasteiger partial charge in [-0.1, -0.05) is 35.9 Å². The third kappa shape index (κ3) is 7.21. The van der Waals surface area contributed by atoms with Gasteiger partial charge in [0.15, 0.2) is 0 Å². The lowest BCUT2D eigenvalue weighted by Gasteiger charge is -2.38. The van der Waals surface area contributed by atoms with E-state index in [1.54, 1.807) is 47.5 Å². The molecule has 1 aliphatic rings. The minimum Gasteiger partial charge on any atom is -0.366 e. The molecule has 0 saturated carbocycles. The Kier molecular flexibility index (Phi) is 8.30. The molecule has 0 radical (unpaired) electrons. The van der Waals surface area contributed by atoms with Crippen LogP contribution in [0.15, 0.2) is 73.1 Å². The second-order valence-corrected chi connectivity index (χ2v) is 11.0. The molecule has 1 fully saturated rings. The molecule has 1 aliphatic heterocycles. The number of rotatable bonds is 8. The molecule has 11 heteroatoms. The molecule has 2 amide bonds. The van der Waals surface area contributed by atoms with Crippen LogP contribution in [0.5, 0.6) is 0 Å². The number of hydrogen-bond acceptors (Lipinski definition) is 6. The lowest BCUT2D eigenvalue weighted by atomic mass is 10.0. The number of amides is 2. The van der Waals surface area contributed by atoms with Gasteiger partial charge in [0.1, 0.15) is 6.04 Å². The molecule has 1 unspecified atom stereocenters. The van der Waals surface area contributed by atoms with Gasteiger partial charge in [-0.15, -0.1) is 0 Å². The molecule has 0 bridgehead atoms. The van der Waals surface area contributed by atoms with Crippen LogP contribution in [0.25, 0.3) is 0 Å². The van der Waals surface area contributed by atoms with Crippen molar-refractivity contribution in [1.82, 2.24) is 15.2 Å². The second kappa shape index (κ2) is 11.6. The van der Waals surface area contributed by atoms with Crippen LogP contribution in [-0.4, -0.2) is 68.6 Å². The largest absolute Gasteiger partial charge is 0.366 e. The van der Waals surface area contributed by atoms with E-state index in [0.29, 0.717) is 48.9 Å². The first kappa shape index (κ1) is 26.4. The number of piperazine rings is 1. The van der Waals surface area contributed by atoms with Crippen molar-refractivity contribution in [3.05, 3.63) is 89.2 Å². The highest BCUT2D eigenvalue weighted by Crippen LogP contribution is 2.27. The highest BCUT2D eigenvalue weighted by atomic mass is 35.5. The Hall–Kier alpha value is -3.63. The summed E-state index contributed by atoms with van der Waals surface area (Å²) in [5.41, 5.74) is 2.49. The van der Waals surface area contributed by atoms with Crippen LogP contribution < -0.4 is 14.9 Å². The molecule has 3 aromatic rings. The number of nitrogens with zero attached hydrogens (tertiary/aromatic N) is 3. The summed E-state index contributed by atoms with van der Waals surface area (Å²) in [5.74, 6) is -0.561. The molecule has 1 saturated heterocycles. The lowest BCUT2D eigenvalue weighted by Crippen LogP contribution is -2.55. The number of aromatic nitrogens is 1. The summed E-state index contributed by atoms with van der Waals surface area (Å²) in [4.78, 5) is 34.2. The van der Waals surface area contributed by atoms with E-state index in [1.807, 2.05) is 29.2 Å². The van der Waals surface area contributed by atoms with Gasteiger partial charge in [-0.3, -0.25) is 19.3 Å². The first-order valence-electron chi connectivity index (χ1n) is 11.8. The summed E-state index contributed by atoms with van der Waals surface area (Å²) in [6, 6.07) is 16.9. The topological polar surface area (TPSA) is 112 Å². The minimum atomic E-state index is -3.43. The van der Waals surface area contributed by atoms with Crippen molar-refractivity contribution in [3.8, 4) is 0 Å². The molecule has 194 valence electrons. The molecule has 9 nitrogen and oxygen atoms in total. The van der Waals surface area contributed by atoms with Gasteiger partial charge in [0, 0.05) is 50.0 Å². The number of carbonyl (C=O) groups is 2. The highest BCUT2D eigenvalue weighted by Gasteiger charge is 2.30. The molecule has 1 aromatic heterocycles. The summed E-state index contributed by atoms with van der Waals surface area (Å²) in [6.07, 6.45) is 4.46. The van der Waals surface area contributed by atoms with Crippen LogP contribution >= 0.6 is 11.6 Å². The first-order valence-corrected chi connectivity index (χ1v) is 14.0. The summed E-state index contributed by atoms with van der Waals surface area (Å²) < 4.78 is 26.1. The Morgan fingerprint density at radius 1 is 1.00 bits per heavy atom. The molecular formula is C26H28ClN5O4S. The van der Waals surface area contributed by atoms with Crippen LogP contribution in [0, 0.1) is 0 Å². The molecule has 0 aliphatic carbocycles. The van der Waals surface area contributed by atoms with Gasteiger partial charge in [0.2, 0.25) is 15.9 Å². The van der Waals surface area contributed by atoms with Crippen molar-refractivity contribution >= 4 is 44.8 Å². The average molecular weight is 542 g/mol. The number of halogens is 1. The first-order chi connectivity index (χ1) is 17.7. The summed E-state index contributed by atoms with van der Waals surface area (Å²) in [5, 5.41) is 3.47. The summed E-state index contributed by atoms with van der Waals surface area (Å²) >= 11 is 6.01. The smallest absolute Gasteiger partial charge is 0.253 e. The Balaban J connectivity index is 1.48. The van der Waals surface area contributed by atoms with Crippen molar-refractivity contribution in [2.45, 2.75) is 12.5 Å². The number of hydrogen-bond donors (Lipinski definition) is 2. The SMILES string of the molecule is CS(=O)(=O)Nc1ccccc1N1CCN(C(=O)C(Cc2ccc(Cl)cc2)NC(=O)c2cccnc2)CC1. The van der Waals surface area contributed by atoms with Gasteiger partial charge in [-0.25, -0.2) is 8.42 Å². The quantitative estimate of drug-likeness (QED) is 0.453. The van der Waals surface area contributed by atoms with Crippen molar-refractivity contribution in [3.63, 3.8) is 0 Å². The zero-order valence-electron chi connectivity index (χ0n) is 20.3. The molecule has 2 N–H and O–H groups in total. The van der Waals surface area contributed by atoms with Crippen LogP contribution in [0.2, 0.25) is 5.02 Å². The van der Waals surface area contributed by atoms with E-state index in [2.05, 4.69) is 15.0 Å². The predicted octanol–water partition coefficient (Wildman–Crippen LogP) is 2.80. The van der Waals surface area contributed by atoms with Crippen LogP contribution in [0.4, 0.5) is 11.4 Å². The molecular weight excluding hydrogens is 514 g/mol. The van der Waals surface area contributed by atoms with E-state index in [0.717, 1.165) is 17.5 Å². The monoisotopic (exact) mass is 541 g/mol. The molecule has 37 heavy (non-hydrogen) atoms. The van der Waals surface area contributed by atoms with E-state index in [1.165, 1.54) is 6.20 Å². The zero-order valence-corrected chi connectivity index (χ0v) is 21.9. The molecule has 2 heterocycles. The normalized spacial score (nSPS) is 14.6. The van der Waals surface area contributed by atoms with E-state index in [-0.39, 0.29) is 11.8 Å². The summed E-state index contributed by atoms with van der Waals surface area (Å²) in [7, 11) is -3.43. The van der Waals surface area contributed by atoms with Gasteiger partial charge in [0.05, 0.1) is 23.2 Å². The average Bonchev–Trinajstić information content (AvgIpc) is 2.89. The maximum absolute atomic E-state index is 13.6. The van der Waals surface area contributed by atoms with E-state index in [9.17, 15) is 18.0 Å². The van der Waals surface area contributed by atoms with E-state index < -0.39 is 16.1 Å². The number of carbonyl (C=O) groups excluding carboxylic acids is 2. The Bertz CT molecular complexity index is 1340. The van der Waals surface area contributed by atoms with Crippen molar-refractivity contribution in [2.75, 3.05) is 42.1 Å². The van der Waals surface area contributed by atoms with Crippen molar-refractivity contribution in [2.24, 2.45) is 0 Å². The standard InChI is InChI=1S/C26H28ClN5O4S/c1-37(35,36)30-22-6-2-3-7-24(22)31-13-15-32(16-14-31)26(34)23(17-19-8-10-21(27)11-9-19)29-25(33)20-5-4-12-28-18-20/h2-12,18,23,30H,13-17H2,1H3,(H,29,33).